The first-order chi connectivity index (χ1) is 16.3. The fraction of sp³-hybridized carbons (Fsp3) is 0.115. The molecule has 1 aliphatic rings. The number of aliphatic imine (C=N–C) groups is 1. The SMILES string of the molecule is CC(=O)Nc1ccc(C2=N/C(=C\c3cc(I)c(OCc4ccccc4C)c(I)c3)C(=O)O2)cc1. The summed E-state index contributed by atoms with van der Waals surface area (Å²) in [7, 11) is 0. The number of hydrogen-bond acceptors (Lipinski definition) is 5. The maximum absolute atomic E-state index is 12.4. The second-order valence-electron chi connectivity index (χ2n) is 7.62. The highest BCUT2D eigenvalue weighted by molar-refractivity contribution is 14.1. The fourth-order valence-electron chi connectivity index (χ4n) is 3.31. The van der Waals surface area contributed by atoms with Crippen molar-refractivity contribution in [2.24, 2.45) is 4.99 Å². The second-order valence-corrected chi connectivity index (χ2v) is 9.95. The quantitative estimate of drug-likeness (QED) is 0.195. The fourth-order valence-corrected chi connectivity index (χ4v) is 5.44. The predicted octanol–water partition coefficient (Wildman–Crippen LogP) is 6.09. The van der Waals surface area contributed by atoms with Crippen molar-refractivity contribution in [2.75, 3.05) is 5.32 Å². The molecule has 0 unspecified atom stereocenters. The zero-order chi connectivity index (χ0) is 24.2. The van der Waals surface area contributed by atoms with Crippen molar-refractivity contribution in [1.29, 1.82) is 0 Å². The van der Waals surface area contributed by atoms with E-state index >= 15 is 0 Å². The Bertz CT molecular complexity index is 1310. The van der Waals surface area contributed by atoms with Crippen LogP contribution >= 0.6 is 45.2 Å². The Labute approximate surface area is 224 Å². The highest BCUT2D eigenvalue weighted by Gasteiger charge is 2.24. The van der Waals surface area contributed by atoms with Gasteiger partial charge in [0.1, 0.15) is 12.4 Å². The molecule has 0 spiro atoms. The van der Waals surface area contributed by atoms with Gasteiger partial charge in [0, 0.05) is 18.2 Å². The van der Waals surface area contributed by atoms with Gasteiger partial charge in [0.15, 0.2) is 5.70 Å². The van der Waals surface area contributed by atoms with E-state index in [1.807, 2.05) is 24.3 Å². The molecule has 1 amide bonds. The minimum atomic E-state index is -0.508. The number of nitrogens with one attached hydrogen (secondary N) is 1. The van der Waals surface area contributed by atoms with Crippen LogP contribution in [0, 0.1) is 14.1 Å². The lowest BCUT2D eigenvalue weighted by molar-refractivity contribution is -0.129. The summed E-state index contributed by atoms with van der Waals surface area (Å²) >= 11 is 4.48. The number of carbonyl (C=O) groups excluding carboxylic acids is 2. The molecule has 0 aromatic heterocycles. The number of cyclic esters (lactones) is 1. The van der Waals surface area contributed by atoms with E-state index in [2.05, 4.69) is 74.5 Å². The predicted molar refractivity (Wildman–Crippen MR) is 149 cm³/mol. The van der Waals surface area contributed by atoms with Crippen LogP contribution in [0.2, 0.25) is 0 Å². The minimum absolute atomic E-state index is 0.154. The van der Waals surface area contributed by atoms with Crippen molar-refractivity contribution < 1.29 is 19.1 Å². The van der Waals surface area contributed by atoms with Crippen molar-refractivity contribution in [1.82, 2.24) is 0 Å². The van der Waals surface area contributed by atoms with Gasteiger partial charge in [-0.15, -0.1) is 0 Å². The first kappa shape index (κ1) is 24.4. The van der Waals surface area contributed by atoms with Gasteiger partial charge < -0.3 is 14.8 Å². The van der Waals surface area contributed by atoms with Crippen LogP contribution < -0.4 is 10.1 Å². The first-order valence-electron chi connectivity index (χ1n) is 10.4. The molecule has 0 saturated carbocycles. The van der Waals surface area contributed by atoms with E-state index in [1.54, 1.807) is 30.3 Å². The number of amides is 1. The third-order valence-corrected chi connectivity index (χ3v) is 6.63. The van der Waals surface area contributed by atoms with Gasteiger partial charge >= 0.3 is 5.97 Å². The lowest BCUT2D eigenvalue weighted by atomic mass is 10.1. The second kappa shape index (κ2) is 10.7. The standard InChI is InChI=1S/C26H20I2N2O4/c1-15-5-3-4-6-19(15)14-33-24-21(27)11-17(12-22(24)28)13-23-26(32)34-25(30-23)18-7-9-20(10-8-18)29-16(2)31/h3-13H,14H2,1-2H3,(H,29,31)/b23-13-. The third-order valence-electron chi connectivity index (χ3n) is 5.03. The Balaban J connectivity index is 1.53. The normalized spacial score (nSPS) is 14.1. The number of benzene rings is 3. The summed E-state index contributed by atoms with van der Waals surface area (Å²) in [6.07, 6.45) is 1.70. The van der Waals surface area contributed by atoms with E-state index in [0.29, 0.717) is 17.9 Å². The summed E-state index contributed by atoms with van der Waals surface area (Å²) in [5.74, 6) is 0.376. The largest absolute Gasteiger partial charge is 0.487 e. The van der Waals surface area contributed by atoms with E-state index in [0.717, 1.165) is 24.0 Å². The molecule has 172 valence electrons. The number of ether oxygens (including phenoxy) is 2. The zero-order valence-electron chi connectivity index (χ0n) is 18.4. The van der Waals surface area contributed by atoms with E-state index < -0.39 is 5.97 Å². The number of nitrogens with zero attached hydrogens (tertiary/aromatic N) is 1. The summed E-state index contributed by atoms with van der Waals surface area (Å²) in [5.41, 5.74) is 4.69. The molecule has 1 aliphatic heterocycles. The maximum atomic E-state index is 12.4. The molecule has 34 heavy (non-hydrogen) atoms. The van der Waals surface area contributed by atoms with Crippen molar-refractivity contribution >= 4 is 74.7 Å². The van der Waals surface area contributed by atoms with Crippen molar-refractivity contribution in [3.05, 3.63) is 95.8 Å². The monoisotopic (exact) mass is 678 g/mol. The molecule has 3 aromatic rings. The van der Waals surface area contributed by atoms with Crippen LogP contribution in [0.4, 0.5) is 5.69 Å². The molecule has 1 heterocycles. The first-order valence-corrected chi connectivity index (χ1v) is 12.5. The van der Waals surface area contributed by atoms with E-state index in [4.69, 9.17) is 9.47 Å². The molecule has 0 saturated heterocycles. The van der Waals surface area contributed by atoms with Gasteiger partial charge in [-0.05, 0) is 111 Å². The number of anilines is 1. The van der Waals surface area contributed by atoms with Crippen LogP contribution in [0.15, 0.2) is 71.4 Å². The van der Waals surface area contributed by atoms with Gasteiger partial charge in [0.25, 0.3) is 0 Å². The molecule has 1 N–H and O–H groups in total. The zero-order valence-corrected chi connectivity index (χ0v) is 22.7. The number of esters is 1. The highest BCUT2D eigenvalue weighted by atomic mass is 127. The Kier molecular flexibility index (Phi) is 7.67. The van der Waals surface area contributed by atoms with Gasteiger partial charge in [-0.3, -0.25) is 4.79 Å². The smallest absolute Gasteiger partial charge is 0.363 e. The van der Waals surface area contributed by atoms with Crippen LogP contribution in [0.3, 0.4) is 0 Å². The Hall–Kier alpha value is -2.73. The summed E-state index contributed by atoms with van der Waals surface area (Å²) in [6.45, 7) is 4.00. The number of rotatable bonds is 6. The van der Waals surface area contributed by atoms with Crippen LogP contribution in [-0.2, 0) is 20.9 Å². The molecule has 0 bridgehead atoms. The third kappa shape index (κ3) is 5.84. The van der Waals surface area contributed by atoms with E-state index in [9.17, 15) is 9.59 Å². The van der Waals surface area contributed by atoms with Gasteiger partial charge in [-0.2, -0.15) is 0 Å². The van der Waals surface area contributed by atoms with Gasteiger partial charge in [-0.25, -0.2) is 9.79 Å². The highest BCUT2D eigenvalue weighted by Crippen LogP contribution is 2.31. The molecule has 0 fully saturated rings. The summed E-state index contributed by atoms with van der Waals surface area (Å²) < 4.78 is 13.3. The van der Waals surface area contributed by atoms with Crippen molar-refractivity contribution in [3.63, 3.8) is 0 Å². The lowest BCUT2D eigenvalue weighted by Crippen LogP contribution is -2.07. The average molecular weight is 678 g/mol. The van der Waals surface area contributed by atoms with E-state index in [-0.39, 0.29) is 17.5 Å². The van der Waals surface area contributed by atoms with Gasteiger partial charge in [0.2, 0.25) is 11.8 Å². The number of hydrogen-bond donors (Lipinski definition) is 1. The molecule has 0 radical (unpaired) electrons. The van der Waals surface area contributed by atoms with E-state index in [1.165, 1.54) is 12.5 Å². The maximum Gasteiger partial charge on any atom is 0.363 e. The number of halogens is 2. The van der Waals surface area contributed by atoms with Crippen LogP contribution in [0.25, 0.3) is 6.08 Å². The molecule has 3 aromatic carbocycles. The summed E-state index contributed by atoms with van der Waals surface area (Å²) in [5, 5.41) is 2.70. The van der Waals surface area contributed by atoms with Gasteiger partial charge in [0.05, 0.1) is 7.14 Å². The molecular formula is C26H20I2N2O4. The van der Waals surface area contributed by atoms with Crippen molar-refractivity contribution in [2.45, 2.75) is 20.5 Å². The molecular weight excluding hydrogens is 658 g/mol. The summed E-state index contributed by atoms with van der Waals surface area (Å²) in [4.78, 5) is 28.0. The number of carbonyl (C=O) groups is 2. The Morgan fingerprint density at radius 2 is 1.76 bits per heavy atom. The van der Waals surface area contributed by atoms with Gasteiger partial charge in [-0.1, -0.05) is 24.3 Å². The molecule has 0 aliphatic carbocycles. The Morgan fingerprint density at radius 1 is 1.09 bits per heavy atom. The topological polar surface area (TPSA) is 77.0 Å². The lowest BCUT2D eigenvalue weighted by Gasteiger charge is -2.13. The molecule has 6 nitrogen and oxygen atoms in total. The van der Waals surface area contributed by atoms with Crippen LogP contribution in [0.5, 0.6) is 5.75 Å². The molecule has 4 rings (SSSR count). The van der Waals surface area contributed by atoms with Crippen LogP contribution in [-0.4, -0.2) is 17.8 Å². The number of aryl methyl sites for hydroxylation is 1. The van der Waals surface area contributed by atoms with Crippen molar-refractivity contribution in [3.8, 4) is 5.75 Å². The van der Waals surface area contributed by atoms with Crippen LogP contribution in [0.1, 0.15) is 29.2 Å². The Morgan fingerprint density at radius 3 is 2.41 bits per heavy atom. The summed E-state index contributed by atoms with van der Waals surface area (Å²) in [6, 6.07) is 19.0. The molecule has 0 atom stereocenters. The minimum Gasteiger partial charge on any atom is -0.487 e. The average Bonchev–Trinajstić information content (AvgIpc) is 3.14. The molecule has 8 heteroatoms.